The summed E-state index contributed by atoms with van der Waals surface area (Å²) in [7, 11) is 0. The number of aliphatic hydroxyl groups excluding tert-OH is 2. The Morgan fingerprint density at radius 1 is 1.41 bits per heavy atom. The average Bonchev–Trinajstić information content (AvgIpc) is 2.28. The van der Waals surface area contributed by atoms with Gasteiger partial charge in [0.25, 0.3) is 5.91 Å². The van der Waals surface area contributed by atoms with E-state index < -0.39 is 31.7 Å². The smallest absolute Gasteiger partial charge is 0.319 e. The minimum Gasteiger partial charge on any atom is -0.388 e. The molecule has 0 aromatic carbocycles. The number of hydrogen-bond donors (Lipinski definition) is 3. The van der Waals surface area contributed by atoms with Gasteiger partial charge in [0.15, 0.2) is 0 Å². The molecule has 0 radical (unpaired) electrons. The molecule has 0 aromatic rings. The zero-order valence-electron chi connectivity index (χ0n) is 8.14. The van der Waals surface area contributed by atoms with Crippen LogP contribution in [0.3, 0.4) is 0 Å². The molecule has 0 spiro atoms. The highest BCUT2D eigenvalue weighted by atomic mass is 79.9. The highest BCUT2D eigenvalue weighted by Gasteiger charge is 2.38. The lowest BCUT2D eigenvalue weighted by Gasteiger charge is -2.11. The summed E-state index contributed by atoms with van der Waals surface area (Å²) in [6.07, 6.45) is 0. The first-order valence-electron chi connectivity index (χ1n) is 3.71. The van der Waals surface area contributed by atoms with E-state index >= 15 is 0 Å². The van der Waals surface area contributed by atoms with Gasteiger partial charge in [0, 0.05) is 20.9 Å². The molecule has 0 atom stereocenters. The predicted octanol–water partition coefficient (Wildman–Crippen LogP) is -0.180. The van der Waals surface area contributed by atoms with E-state index in [9.17, 15) is 14.9 Å². The van der Waals surface area contributed by atoms with Gasteiger partial charge < -0.3 is 15.9 Å². The third-order valence-electron chi connectivity index (χ3n) is 1.26. The molecular weight excluding hydrogens is 434 g/mol. The minimum atomic E-state index is -1.77. The fourth-order valence-electron chi connectivity index (χ4n) is 0.221. The largest absolute Gasteiger partial charge is 0.388 e. The maximum absolute atomic E-state index is 10.2. The third-order valence-corrected chi connectivity index (χ3v) is 3.19. The zero-order chi connectivity index (χ0) is 14.3. The van der Waals surface area contributed by atoms with Gasteiger partial charge in [0.05, 0.1) is 0 Å². The zero-order valence-corrected chi connectivity index (χ0v) is 12.9. The molecule has 8 nitrogen and oxygen atoms in total. The Labute approximate surface area is 121 Å². The average molecular weight is 442 g/mol. The number of alkyl halides is 3. The van der Waals surface area contributed by atoms with E-state index in [1.54, 1.807) is 6.07 Å². The molecule has 0 bridgehead atoms. The minimum absolute atomic E-state index is 0.726. The molecule has 0 heterocycles. The van der Waals surface area contributed by atoms with E-state index in [1.807, 2.05) is 0 Å². The monoisotopic (exact) mass is 439 g/mol. The summed E-state index contributed by atoms with van der Waals surface area (Å²) >= 11 is 8.00. The van der Waals surface area contributed by atoms with Gasteiger partial charge in [-0.05, 0) is 31.9 Å². The van der Waals surface area contributed by atoms with Crippen molar-refractivity contribution < 1.29 is 19.9 Å². The standard InChI is InChI=1S/C3H2Br2N2O.C3H6BrNO4/c4-3(5,1-6)2(7)8;4-3(1-6,2-7)5(8)9/h(H2,7,8);6-7H,1-2H2. The van der Waals surface area contributed by atoms with Gasteiger partial charge in [0.2, 0.25) is 3.23 Å². The molecular formula is C6H8Br3N3O5. The van der Waals surface area contributed by atoms with Crippen LogP contribution in [-0.4, -0.2) is 41.9 Å². The van der Waals surface area contributed by atoms with Crippen molar-refractivity contribution in [3.05, 3.63) is 10.1 Å². The maximum atomic E-state index is 10.2. The van der Waals surface area contributed by atoms with Crippen LogP contribution in [0, 0.1) is 21.4 Å². The van der Waals surface area contributed by atoms with Crippen molar-refractivity contribution in [1.29, 1.82) is 5.26 Å². The summed E-state index contributed by atoms with van der Waals surface area (Å²) in [5.74, 6) is -0.750. The van der Waals surface area contributed by atoms with Gasteiger partial charge >= 0.3 is 4.45 Å². The van der Waals surface area contributed by atoms with Crippen LogP contribution >= 0.6 is 47.8 Å². The number of carbonyl (C=O) groups excluding carboxylic acids is 1. The van der Waals surface area contributed by atoms with Crippen LogP contribution in [0.1, 0.15) is 0 Å². The highest BCUT2D eigenvalue weighted by molar-refractivity contribution is 9.26. The molecule has 0 saturated carbocycles. The molecule has 0 unspecified atom stereocenters. The third kappa shape index (κ3) is 6.89. The van der Waals surface area contributed by atoms with E-state index in [-0.39, 0.29) is 0 Å². The van der Waals surface area contributed by atoms with Crippen LogP contribution in [0.5, 0.6) is 0 Å². The van der Waals surface area contributed by atoms with Crippen molar-refractivity contribution in [2.24, 2.45) is 5.73 Å². The number of carbonyl (C=O) groups is 1. The second-order valence-corrected chi connectivity index (χ2v) is 7.46. The second kappa shape index (κ2) is 7.93. The van der Waals surface area contributed by atoms with E-state index in [0.29, 0.717) is 0 Å². The molecule has 1 amide bonds. The first-order chi connectivity index (χ1) is 7.57. The van der Waals surface area contributed by atoms with Crippen molar-refractivity contribution in [3.63, 3.8) is 0 Å². The van der Waals surface area contributed by atoms with Crippen molar-refractivity contribution in [1.82, 2.24) is 0 Å². The van der Waals surface area contributed by atoms with Crippen LogP contribution in [-0.2, 0) is 4.79 Å². The Kier molecular flexibility index (Phi) is 8.90. The molecule has 0 aliphatic rings. The molecule has 98 valence electrons. The van der Waals surface area contributed by atoms with Gasteiger partial charge in [-0.3, -0.25) is 14.9 Å². The fraction of sp³-hybridized carbons (Fsp3) is 0.667. The Hall–Kier alpha value is -0.280. The molecule has 0 aliphatic carbocycles. The van der Waals surface area contributed by atoms with Crippen LogP contribution in [0.25, 0.3) is 0 Å². The van der Waals surface area contributed by atoms with Crippen molar-refractivity contribution in [2.45, 2.75) is 7.68 Å². The van der Waals surface area contributed by atoms with Crippen molar-refractivity contribution in [3.8, 4) is 6.07 Å². The molecule has 4 N–H and O–H groups in total. The highest BCUT2D eigenvalue weighted by Crippen LogP contribution is 2.23. The maximum Gasteiger partial charge on any atom is 0.319 e. The van der Waals surface area contributed by atoms with Crippen LogP contribution in [0.4, 0.5) is 0 Å². The molecule has 11 heteroatoms. The number of nitrogens with zero attached hydrogens (tertiary/aromatic N) is 2. The van der Waals surface area contributed by atoms with E-state index in [4.69, 9.17) is 21.2 Å². The van der Waals surface area contributed by atoms with Gasteiger partial charge in [-0.15, -0.1) is 0 Å². The lowest BCUT2D eigenvalue weighted by Crippen LogP contribution is -2.39. The summed E-state index contributed by atoms with van der Waals surface area (Å²) in [5.41, 5.74) is 4.73. The first kappa shape index (κ1) is 19.1. The first-order valence-corrected chi connectivity index (χ1v) is 6.09. The van der Waals surface area contributed by atoms with Gasteiger partial charge in [-0.2, -0.15) is 5.26 Å². The van der Waals surface area contributed by atoms with E-state index in [1.165, 1.54) is 0 Å². The molecule has 17 heavy (non-hydrogen) atoms. The Morgan fingerprint density at radius 2 is 1.76 bits per heavy atom. The summed E-state index contributed by atoms with van der Waals surface area (Å²) in [4.78, 5) is 19.3. The number of primary amides is 1. The van der Waals surface area contributed by atoms with Crippen LogP contribution in [0.2, 0.25) is 0 Å². The number of nitro groups is 1. The molecule has 0 aromatic heterocycles. The van der Waals surface area contributed by atoms with E-state index in [0.717, 1.165) is 0 Å². The van der Waals surface area contributed by atoms with Gasteiger partial charge in [-0.1, -0.05) is 0 Å². The second-order valence-electron chi connectivity index (χ2n) is 2.54. The Balaban J connectivity index is 0. The quantitative estimate of drug-likeness (QED) is 0.238. The predicted molar refractivity (Wildman–Crippen MR) is 68.2 cm³/mol. The molecule has 0 fully saturated rings. The summed E-state index contributed by atoms with van der Waals surface area (Å²) in [6, 6.07) is 1.60. The van der Waals surface area contributed by atoms with Gasteiger partial charge in [-0.25, -0.2) is 0 Å². The Morgan fingerprint density at radius 3 is 1.76 bits per heavy atom. The topological polar surface area (TPSA) is 150 Å². The lowest BCUT2D eigenvalue weighted by molar-refractivity contribution is -0.542. The number of halogens is 3. The van der Waals surface area contributed by atoms with Crippen LogP contribution in [0.15, 0.2) is 0 Å². The summed E-state index contributed by atoms with van der Waals surface area (Å²) in [6.45, 7) is -1.45. The molecule has 0 saturated heterocycles. The SMILES string of the molecule is N#CC(Br)(Br)C(N)=O.O=[N+]([O-])C(Br)(CO)CO. The molecule has 0 rings (SSSR count). The summed E-state index contributed by atoms with van der Waals surface area (Å²) < 4.78 is -3.16. The molecule has 0 aliphatic heterocycles. The van der Waals surface area contributed by atoms with Crippen molar-refractivity contribution in [2.75, 3.05) is 13.2 Å². The number of aliphatic hydroxyl groups is 2. The van der Waals surface area contributed by atoms with E-state index in [2.05, 4.69) is 47.8 Å². The van der Waals surface area contributed by atoms with Crippen LogP contribution < -0.4 is 5.73 Å². The number of amides is 1. The van der Waals surface area contributed by atoms with Gasteiger partial charge in [0.1, 0.15) is 19.3 Å². The lowest BCUT2D eigenvalue weighted by atomic mass is 10.4. The Bertz CT molecular complexity index is 325. The fourth-order valence-corrected chi connectivity index (χ4v) is 0.221. The van der Waals surface area contributed by atoms with Crippen molar-refractivity contribution >= 4 is 53.7 Å². The summed E-state index contributed by atoms with van der Waals surface area (Å²) in [5, 5.41) is 34.7. The normalized spacial score (nSPS) is 10.8. The number of rotatable bonds is 4. The number of hydrogen-bond acceptors (Lipinski definition) is 6. The number of nitriles is 1. The number of nitrogens with two attached hydrogens (primary N) is 1.